The molecule has 2 N–H and O–H groups in total. The Morgan fingerprint density at radius 3 is 2.55 bits per heavy atom. The van der Waals surface area contributed by atoms with E-state index in [9.17, 15) is 9.90 Å². The normalized spacial score (nSPS) is 19.0. The predicted molar refractivity (Wildman–Crippen MR) is 88.7 cm³/mol. The molecule has 1 aromatic carbocycles. The number of hydrogen-bond donors (Lipinski definition) is 2. The van der Waals surface area contributed by atoms with Gasteiger partial charge >= 0.3 is 0 Å². The summed E-state index contributed by atoms with van der Waals surface area (Å²) in [6.07, 6.45) is 5.05. The Morgan fingerprint density at radius 2 is 2.00 bits per heavy atom. The van der Waals surface area contributed by atoms with Crippen LogP contribution in [0.5, 0.6) is 0 Å². The number of carbonyl (C=O) groups is 1. The average Bonchev–Trinajstić information content (AvgIpc) is 2.48. The largest absolute Gasteiger partial charge is 0.394 e. The fourth-order valence-corrected chi connectivity index (χ4v) is 3.41. The maximum absolute atomic E-state index is 12.9. The van der Waals surface area contributed by atoms with E-state index in [0.717, 1.165) is 36.8 Å². The van der Waals surface area contributed by atoms with Crippen LogP contribution in [0.3, 0.4) is 0 Å². The average molecular weight is 304 g/mol. The highest BCUT2D eigenvalue weighted by molar-refractivity contribution is 5.84. The van der Waals surface area contributed by atoms with Crippen LogP contribution in [0.15, 0.2) is 24.3 Å². The van der Waals surface area contributed by atoms with E-state index in [0.29, 0.717) is 0 Å². The van der Waals surface area contributed by atoms with Crippen LogP contribution >= 0.6 is 0 Å². The fraction of sp³-hybridized carbons (Fsp3) is 0.611. The molecule has 0 heterocycles. The molecule has 0 spiro atoms. The summed E-state index contributed by atoms with van der Waals surface area (Å²) < 4.78 is 0. The lowest BCUT2D eigenvalue weighted by molar-refractivity contribution is -0.129. The number of amides is 1. The van der Waals surface area contributed by atoms with Gasteiger partial charge in [-0.3, -0.25) is 9.69 Å². The van der Waals surface area contributed by atoms with E-state index in [1.807, 2.05) is 44.1 Å². The smallest absolute Gasteiger partial charge is 0.242 e. The third-order valence-electron chi connectivity index (χ3n) is 4.62. The Balaban J connectivity index is 2.19. The molecule has 1 amide bonds. The van der Waals surface area contributed by atoms with Gasteiger partial charge in [0.25, 0.3) is 0 Å². The zero-order valence-corrected chi connectivity index (χ0v) is 13.9. The highest BCUT2D eigenvalue weighted by atomic mass is 16.3. The molecule has 1 unspecified atom stereocenters. The molecule has 0 bridgehead atoms. The molecular formula is C18H28N2O2. The van der Waals surface area contributed by atoms with E-state index in [2.05, 4.69) is 11.4 Å². The number of likely N-dealkylation sites (N-methyl/N-ethyl adjacent to an activating group) is 1. The van der Waals surface area contributed by atoms with Gasteiger partial charge in [-0.15, -0.1) is 0 Å². The molecule has 1 atom stereocenters. The molecule has 1 fully saturated rings. The summed E-state index contributed by atoms with van der Waals surface area (Å²) in [6, 6.07) is 7.73. The molecule has 22 heavy (non-hydrogen) atoms. The maximum atomic E-state index is 12.9. The first-order valence-corrected chi connectivity index (χ1v) is 8.13. The van der Waals surface area contributed by atoms with Gasteiger partial charge in [0.1, 0.15) is 6.04 Å². The first kappa shape index (κ1) is 17.0. The van der Waals surface area contributed by atoms with Crippen molar-refractivity contribution < 1.29 is 9.90 Å². The molecule has 0 radical (unpaired) electrons. The lowest BCUT2D eigenvalue weighted by Crippen LogP contribution is -2.55. The third-order valence-corrected chi connectivity index (χ3v) is 4.62. The van der Waals surface area contributed by atoms with Gasteiger partial charge in [-0.05, 0) is 39.4 Å². The van der Waals surface area contributed by atoms with Gasteiger partial charge in [0, 0.05) is 0 Å². The second kappa shape index (κ2) is 7.25. The van der Waals surface area contributed by atoms with E-state index >= 15 is 0 Å². The first-order chi connectivity index (χ1) is 10.5. The van der Waals surface area contributed by atoms with Crippen LogP contribution < -0.4 is 5.32 Å². The van der Waals surface area contributed by atoms with Gasteiger partial charge in [0.2, 0.25) is 5.91 Å². The van der Waals surface area contributed by atoms with Crippen LogP contribution in [0.1, 0.15) is 49.3 Å². The molecule has 4 heteroatoms. The molecule has 1 saturated carbocycles. The fourth-order valence-electron chi connectivity index (χ4n) is 3.41. The third kappa shape index (κ3) is 3.87. The molecule has 0 aliphatic heterocycles. The van der Waals surface area contributed by atoms with Crippen molar-refractivity contribution >= 4 is 5.91 Å². The molecule has 1 aliphatic carbocycles. The number of hydrogen-bond acceptors (Lipinski definition) is 3. The summed E-state index contributed by atoms with van der Waals surface area (Å²) in [7, 11) is 3.83. The minimum absolute atomic E-state index is 0.0205. The Hall–Kier alpha value is -1.39. The number of aliphatic hydroxyl groups excluding tert-OH is 1. The topological polar surface area (TPSA) is 52.6 Å². The summed E-state index contributed by atoms with van der Waals surface area (Å²) in [5.41, 5.74) is 1.70. The van der Waals surface area contributed by atoms with Gasteiger partial charge < -0.3 is 10.4 Å². The number of benzene rings is 1. The number of nitrogens with zero attached hydrogens (tertiary/aromatic N) is 1. The lowest BCUT2D eigenvalue weighted by atomic mass is 9.82. The van der Waals surface area contributed by atoms with E-state index in [1.54, 1.807) is 0 Å². The monoisotopic (exact) mass is 304 g/mol. The molecule has 4 nitrogen and oxygen atoms in total. The molecule has 1 aromatic rings. The summed E-state index contributed by atoms with van der Waals surface area (Å²) in [5, 5.41) is 12.9. The number of aliphatic hydroxyl groups is 1. The molecule has 0 aromatic heterocycles. The lowest BCUT2D eigenvalue weighted by Gasteiger charge is -2.38. The van der Waals surface area contributed by atoms with Gasteiger partial charge in [-0.2, -0.15) is 0 Å². The second-order valence-corrected chi connectivity index (χ2v) is 6.77. The Bertz CT molecular complexity index is 508. The molecule has 0 saturated heterocycles. The van der Waals surface area contributed by atoms with Gasteiger partial charge in [-0.25, -0.2) is 0 Å². The van der Waals surface area contributed by atoms with Crippen LogP contribution in [0, 0.1) is 6.92 Å². The van der Waals surface area contributed by atoms with Gasteiger partial charge in [-0.1, -0.05) is 49.1 Å². The molecular weight excluding hydrogens is 276 g/mol. The molecule has 122 valence electrons. The van der Waals surface area contributed by atoms with Crippen LogP contribution in [0.25, 0.3) is 0 Å². The highest BCUT2D eigenvalue weighted by Crippen LogP contribution is 2.29. The van der Waals surface area contributed by atoms with E-state index < -0.39 is 5.54 Å². The van der Waals surface area contributed by atoms with Crippen LogP contribution in [-0.4, -0.2) is 42.2 Å². The zero-order chi connectivity index (χ0) is 16.2. The SMILES string of the molecule is Cc1cccc(C(C(=O)NC2(CO)CCCCC2)N(C)C)c1. The molecule has 1 aliphatic rings. The predicted octanol–water partition coefficient (Wildman–Crippen LogP) is 2.41. The van der Waals surface area contributed by atoms with Gasteiger partial charge in [0.15, 0.2) is 0 Å². The number of aryl methyl sites for hydroxylation is 1. The van der Waals surface area contributed by atoms with Crippen molar-refractivity contribution in [3.63, 3.8) is 0 Å². The Labute approximate surface area is 133 Å². The highest BCUT2D eigenvalue weighted by Gasteiger charge is 2.35. The number of nitrogens with one attached hydrogen (secondary N) is 1. The standard InChI is InChI=1S/C18H28N2O2/c1-14-8-7-9-15(12-14)16(20(2)3)17(22)19-18(13-21)10-5-4-6-11-18/h7-9,12,16,21H,4-6,10-11,13H2,1-3H3,(H,19,22). The van der Waals surface area contributed by atoms with Crippen molar-refractivity contribution in [2.24, 2.45) is 0 Å². The van der Waals surface area contributed by atoms with Crippen molar-refractivity contribution in [1.82, 2.24) is 10.2 Å². The van der Waals surface area contributed by atoms with Crippen LogP contribution in [-0.2, 0) is 4.79 Å². The van der Waals surface area contributed by atoms with Crippen LogP contribution in [0.2, 0.25) is 0 Å². The minimum atomic E-state index is -0.437. The second-order valence-electron chi connectivity index (χ2n) is 6.77. The number of carbonyl (C=O) groups excluding carboxylic acids is 1. The van der Waals surface area contributed by atoms with E-state index in [-0.39, 0.29) is 18.6 Å². The summed E-state index contributed by atoms with van der Waals surface area (Å²) >= 11 is 0. The Kier molecular flexibility index (Phi) is 5.59. The van der Waals surface area contributed by atoms with Crippen molar-refractivity contribution in [3.8, 4) is 0 Å². The maximum Gasteiger partial charge on any atom is 0.242 e. The number of rotatable bonds is 5. The summed E-state index contributed by atoms with van der Waals surface area (Å²) in [5.74, 6) is -0.0217. The van der Waals surface area contributed by atoms with Crippen molar-refractivity contribution in [2.75, 3.05) is 20.7 Å². The van der Waals surface area contributed by atoms with E-state index in [1.165, 1.54) is 6.42 Å². The van der Waals surface area contributed by atoms with E-state index in [4.69, 9.17) is 0 Å². The Morgan fingerprint density at radius 1 is 1.32 bits per heavy atom. The first-order valence-electron chi connectivity index (χ1n) is 8.13. The van der Waals surface area contributed by atoms with Crippen LogP contribution in [0.4, 0.5) is 0 Å². The summed E-state index contributed by atoms with van der Waals surface area (Å²) in [6.45, 7) is 2.05. The van der Waals surface area contributed by atoms with Crippen molar-refractivity contribution in [3.05, 3.63) is 35.4 Å². The van der Waals surface area contributed by atoms with Gasteiger partial charge in [0.05, 0.1) is 12.1 Å². The van der Waals surface area contributed by atoms with Crippen molar-refractivity contribution in [1.29, 1.82) is 0 Å². The molecule has 2 rings (SSSR count). The summed E-state index contributed by atoms with van der Waals surface area (Å²) in [4.78, 5) is 14.8. The quantitative estimate of drug-likeness (QED) is 0.878. The zero-order valence-electron chi connectivity index (χ0n) is 13.9. The minimum Gasteiger partial charge on any atom is -0.394 e. The van der Waals surface area contributed by atoms with Crippen molar-refractivity contribution in [2.45, 2.75) is 50.6 Å².